The number of carbonyl (C=O) groups is 3. The van der Waals surface area contributed by atoms with Crippen molar-refractivity contribution in [2.75, 3.05) is 7.11 Å². The summed E-state index contributed by atoms with van der Waals surface area (Å²) in [5.41, 5.74) is 0.275. The maximum Gasteiger partial charge on any atom is 0.255 e. The second-order valence-electron chi connectivity index (χ2n) is 12.8. The van der Waals surface area contributed by atoms with Gasteiger partial charge in [0.25, 0.3) is 5.91 Å². The SMILES string of the molecule is COc1cc(C#N)c(O[C@H]2CC[C@@](C)(C(C)=O)CC2)cc1C(=O)N[C@@H]1[C@H]2CC[C@H](C2)[C@@H]1C(=O)NC1CCCCC1. The van der Waals surface area contributed by atoms with Gasteiger partial charge in [0.05, 0.1) is 30.3 Å². The van der Waals surface area contributed by atoms with E-state index in [0.717, 1.165) is 57.8 Å². The Hall–Kier alpha value is -3.08. The molecule has 4 atom stereocenters. The second kappa shape index (κ2) is 11.8. The van der Waals surface area contributed by atoms with Gasteiger partial charge in [-0.15, -0.1) is 0 Å². The number of hydrogen-bond donors (Lipinski definition) is 2. The van der Waals surface area contributed by atoms with Gasteiger partial charge in [-0.2, -0.15) is 5.26 Å². The van der Waals surface area contributed by atoms with E-state index in [9.17, 15) is 19.6 Å². The van der Waals surface area contributed by atoms with Gasteiger partial charge in [0, 0.05) is 23.6 Å². The normalized spacial score (nSPS) is 31.7. The zero-order valence-corrected chi connectivity index (χ0v) is 24.1. The van der Waals surface area contributed by atoms with Gasteiger partial charge in [0.15, 0.2) is 0 Å². The van der Waals surface area contributed by atoms with Crippen LogP contribution in [-0.4, -0.2) is 42.9 Å². The lowest BCUT2D eigenvalue weighted by Crippen LogP contribution is -2.51. The molecule has 216 valence electrons. The van der Waals surface area contributed by atoms with E-state index in [4.69, 9.17) is 9.47 Å². The summed E-state index contributed by atoms with van der Waals surface area (Å²) < 4.78 is 11.8. The summed E-state index contributed by atoms with van der Waals surface area (Å²) >= 11 is 0. The fourth-order valence-electron chi connectivity index (χ4n) is 7.62. The van der Waals surface area contributed by atoms with Gasteiger partial charge in [-0.05, 0) is 82.6 Å². The third kappa shape index (κ3) is 5.70. The number of nitrogens with one attached hydrogen (secondary N) is 2. The molecule has 4 fully saturated rings. The van der Waals surface area contributed by atoms with Crippen LogP contribution in [0.25, 0.3) is 0 Å². The highest BCUT2D eigenvalue weighted by Crippen LogP contribution is 2.49. The molecule has 0 unspecified atom stereocenters. The number of amides is 2. The van der Waals surface area contributed by atoms with Gasteiger partial charge in [-0.1, -0.05) is 26.2 Å². The number of hydrogen-bond acceptors (Lipinski definition) is 6. The summed E-state index contributed by atoms with van der Waals surface area (Å²) in [5.74, 6) is 0.981. The minimum absolute atomic E-state index is 0.0788. The van der Waals surface area contributed by atoms with Crippen LogP contribution in [0, 0.1) is 34.5 Å². The molecule has 4 aliphatic carbocycles. The summed E-state index contributed by atoms with van der Waals surface area (Å²) in [6, 6.07) is 5.35. The Balaban J connectivity index is 1.32. The number of rotatable bonds is 8. The molecule has 0 aromatic heterocycles. The van der Waals surface area contributed by atoms with E-state index in [-0.39, 0.29) is 53.0 Å². The molecule has 4 aliphatic rings. The molecular weight excluding hydrogens is 506 g/mol. The van der Waals surface area contributed by atoms with Crippen molar-refractivity contribution in [1.29, 1.82) is 5.26 Å². The Labute approximate surface area is 237 Å². The predicted octanol–water partition coefficient (Wildman–Crippen LogP) is 5.08. The van der Waals surface area contributed by atoms with Crippen LogP contribution in [0.4, 0.5) is 0 Å². The molecule has 8 nitrogen and oxygen atoms in total. The Morgan fingerprint density at radius 2 is 1.65 bits per heavy atom. The first-order valence-corrected chi connectivity index (χ1v) is 15.1. The highest BCUT2D eigenvalue weighted by molar-refractivity contribution is 5.98. The minimum Gasteiger partial charge on any atom is -0.496 e. The van der Waals surface area contributed by atoms with Crippen molar-refractivity contribution in [2.24, 2.45) is 23.2 Å². The first-order chi connectivity index (χ1) is 19.2. The largest absolute Gasteiger partial charge is 0.496 e. The Morgan fingerprint density at radius 1 is 0.950 bits per heavy atom. The number of ketones is 1. The molecular formula is C32H43N3O5. The van der Waals surface area contributed by atoms with Crippen molar-refractivity contribution >= 4 is 17.6 Å². The average Bonchev–Trinajstić information content (AvgIpc) is 3.56. The third-order valence-electron chi connectivity index (χ3n) is 10.3. The summed E-state index contributed by atoms with van der Waals surface area (Å²) in [6.07, 6.45) is 11.3. The van der Waals surface area contributed by atoms with E-state index in [1.807, 2.05) is 6.92 Å². The third-order valence-corrected chi connectivity index (χ3v) is 10.3. The number of benzene rings is 1. The quantitative estimate of drug-likeness (QED) is 0.467. The van der Waals surface area contributed by atoms with E-state index in [1.165, 1.54) is 13.5 Å². The maximum atomic E-state index is 13.7. The van der Waals surface area contributed by atoms with Crippen LogP contribution >= 0.6 is 0 Å². The van der Waals surface area contributed by atoms with Gasteiger partial charge in [-0.25, -0.2) is 0 Å². The zero-order valence-electron chi connectivity index (χ0n) is 24.1. The van der Waals surface area contributed by atoms with E-state index in [2.05, 4.69) is 16.7 Å². The highest BCUT2D eigenvalue weighted by Gasteiger charge is 2.51. The number of carbonyl (C=O) groups excluding carboxylic acids is 3. The average molecular weight is 550 g/mol. The first kappa shape index (κ1) is 28.4. The molecule has 0 spiro atoms. The molecule has 1 aromatic rings. The van der Waals surface area contributed by atoms with Crippen LogP contribution in [0.15, 0.2) is 12.1 Å². The molecule has 8 heteroatoms. The predicted molar refractivity (Wildman–Crippen MR) is 150 cm³/mol. The monoisotopic (exact) mass is 549 g/mol. The van der Waals surface area contributed by atoms with Gasteiger partial charge < -0.3 is 20.1 Å². The van der Waals surface area contributed by atoms with E-state index in [1.54, 1.807) is 19.1 Å². The fraction of sp³-hybridized carbons (Fsp3) is 0.688. The molecule has 1 aromatic carbocycles. The number of nitrogens with zero attached hydrogens (tertiary/aromatic N) is 1. The van der Waals surface area contributed by atoms with Crippen molar-refractivity contribution in [2.45, 2.75) is 109 Å². The van der Waals surface area contributed by atoms with Crippen molar-refractivity contribution in [3.05, 3.63) is 23.3 Å². The standard InChI is InChI=1S/C32H43N3O5/c1-19(36)32(2)13-11-24(12-14-32)40-26-17-25(27(39-3)16-22(26)18-33)30(37)35-29-21-10-9-20(15-21)28(29)31(38)34-23-7-5-4-6-8-23/h16-17,20-21,23-24,28-29H,4-15H2,1-3H3,(H,34,38)(H,35,37)/t20-,21+,24-,28+,29-,32+/m1/s1. The van der Waals surface area contributed by atoms with Gasteiger partial charge in [0.1, 0.15) is 23.4 Å². The number of ether oxygens (including phenoxy) is 2. The second-order valence-corrected chi connectivity index (χ2v) is 12.8. The lowest BCUT2D eigenvalue weighted by atomic mass is 9.72. The summed E-state index contributed by atoms with van der Waals surface area (Å²) in [6.45, 7) is 3.64. The molecule has 0 heterocycles. The molecule has 2 bridgehead atoms. The molecule has 0 saturated heterocycles. The van der Waals surface area contributed by atoms with Crippen molar-refractivity contribution < 1.29 is 23.9 Å². The van der Waals surface area contributed by atoms with Crippen molar-refractivity contribution in [3.8, 4) is 17.6 Å². The van der Waals surface area contributed by atoms with Gasteiger partial charge in [-0.3, -0.25) is 14.4 Å². The smallest absolute Gasteiger partial charge is 0.255 e. The molecule has 0 aliphatic heterocycles. The van der Waals surface area contributed by atoms with Crippen LogP contribution in [0.2, 0.25) is 0 Å². The molecule has 0 radical (unpaired) electrons. The lowest BCUT2D eigenvalue weighted by molar-refractivity contribution is -0.129. The maximum absolute atomic E-state index is 13.7. The number of Topliss-reactive ketones (excluding diaryl/α,β-unsaturated/α-hetero) is 1. The van der Waals surface area contributed by atoms with Crippen LogP contribution in [0.5, 0.6) is 11.5 Å². The van der Waals surface area contributed by atoms with Gasteiger partial charge in [0.2, 0.25) is 5.91 Å². The molecule has 2 N–H and O–H groups in total. The van der Waals surface area contributed by atoms with E-state index >= 15 is 0 Å². The summed E-state index contributed by atoms with van der Waals surface area (Å²) in [7, 11) is 1.48. The summed E-state index contributed by atoms with van der Waals surface area (Å²) in [5, 5.41) is 16.3. The van der Waals surface area contributed by atoms with Crippen molar-refractivity contribution in [3.63, 3.8) is 0 Å². The zero-order chi connectivity index (χ0) is 28.4. The molecule has 40 heavy (non-hydrogen) atoms. The van der Waals surface area contributed by atoms with Crippen LogP contribution < -0.4 is 20.1 Å². The molecule has 2 amide bonds. The number of nitriles is 1. The lowest BCUT2D eigenvalue weighted by Gasteiger charge is -2.35. The number of methoxy groups -OCH3 is 1. The summed E-state index contributed by atoms with van der Waals surface area (Å²) in [4.78, 5) is 39.2. The fourth-order valence-corrected chi connectivity index (χ4v) is 7.62. The van der Waals surface area contributed by atoms with Gasteiger partial charge >= 0.3 is 0 Å². The topological polar surface area (TPSA) is 118 Å². The van der Waals surface area contributed by atoms with Crippen molar-refractivity contribution in [1.82, 2.24) is 10.6 Å². The van der Waals surface area contributed by atoms with Crippen LogP contribution in [0.3, 0.4) is 0 Å². The van der Waals surface area contributed by atoms with E-state index < -0.39 is 0 Å². The first-order valence-electron chi connectivity index (χ1n) is 15.1. The molecule has 5 rings (SSSR count). The Morgan fingerprint density at radius 3 is 2.30 bits per heavy atom. The molecule has 4 saturated carbocycles. The van der Waals surface area contributed by atoms with E-state index in [0.29, 0.717) is 41.4 Å². The highest BCUT2D eigenvalue weighted by atomic mass is 16.5. The number of fused-ring (bicyclic) bond motifs is 2. The minimum atomic E-state index is -0.330. The van der Waals surface area contributed by atoms with Crippen LogP contribution in [0.1, 0.15) is 107 Å². The Bertz CT molecular complexity index is 1180. The Kier molecular flexibility index (Phi) is 8.39. The van der Waals surface area contributed by atoms with Crippen LogP contribution in [-0.2, 0) is 9.59 Å².